The lowest BCUT2D eigenvalue weighted by atomic mass is 10.1. The third-order valence-electron chi connectivity index (χ3n) is 3.69. The van der Waals surface area contributed by atoms with Crippen molar-refractivity contribution in [1.29, 1.82) is 0 Å². The smallest absolute Gasteiger partial charge is 0.335 e. The van der Waals surface area contributed by atoms with Gasteiger partial charge in [0.25, 0.3) is 0 Å². The van der Waals surface area contributed by atoms with E-state index in [4.69, 9.17) is 5.11 Å². The molecule has 0 aliphatic rings. The van der Waals surface area contributed by atoms with Gasteiger partial charge in [-0.05, 0) is 52.0 Å². The third kappa shape index (κ3) is 3.07. The zero-order chi connectivity index (χ0) is 15.6. The molecule has 2 N–H and O–H groups in total. The number of rotatable bonds is 5. The maximum Gasteiger partial charge on any atom is 0.335 e. The number of nitrogens with zero attached hydrogens (tertiary/aromatic N) is 2. The van der Waals surface area contributed by atoms with Crippen LogP contribution in [-0.4, -0.2) is 20.9 Å². The molecule has 1 aromatic heterocycles. The Balaban J connectivity index is 2.19. The highest BCUT2D eigenvalue weighted by molar-refractivity contribution is 5.88. The van der Waals surface area contributed by atoms with Crippen molar-refractivity contribution in [2.24, 2.45) is 0 Å². The van der Waals surface area contributed by atoms with Gasteiger partial charge in [0.2, 0.25) is 0 Å². The van der Waals surface area contributed by atoms with Gasteiger partial charge >= 0.3 is 5.97 Å². The summed E-state index contributed by atoms with van der Waals surface area (Å²) in [6, 6.07) is 6.89. The Morgan fingerprint density at radius 2 is 1.95 bits per heavy atom. The standard InChI is InChI=1S/C16H21N3O2/c1-5-19-12(4)15(11(3)18-19)10(2)17-14-8-6-13(7-9-14)16(20)21/h6-10,17H,5H2,1-4H3,(H,20,21). The number of nitrogens with one attached hydrogen (secondary N) is 1. The monoisotopic (exact) mass is 287 g/mol. The molecule has 21 heavy (non-hydrogen) atoms. The van der Waals surface area contributed by atoms with E-state index < -0.39 is 5.97 Å². The maximum atomic E-state index is 10.8. The SMILES string of the molecule is CCn1nc(C)c(C(C)Nc2ccc(C(=O)O)cc2)c1C. The lowest BCUT2D eigenvalue weighted by Gasteiger charge is -2.16. The molecular formula is C16H21N3O2. The molecule has 2 aromatic rings. The Labute approximate surface area is 124 Å². The van der Waals surface area contributed by atoms with Gasteiger partial charge in [-0.15, -0.1) is 0 Å². The molecular weight excluding hydrogens is 266 g/mol. The van der Waals surface area contributed by atoms with E-state index in [1.54, 1.807) is 24.3 Å². The first kappa shape index (κ1) is 15.1. The average molecular weight is 287 g/mol. The summed E-state index contributed by atoms with van der Waals surface area (Å²) in [6.45, 7) is 9.10. The Bertz CT molecular complexity index is 644. The van der Waals surface area contributed by atoms with Gasteiger partial charge in [-0.25, -0.2) is 4.79 Å². The summed E-state index contributed by atoms with van der Waals surface area (Å²) in [4.78, 5) is 10.8. The minimum atomic E-state index is -0.912. The van der Waals surface area contributed by atoms with Gasteiger partial charge in [0.1, 0.15) is 0 Å². The first-order chi connectivity index (χ1) is 9.93. The molecule has 2 rings (SSSR count). The first-order valence-electron chi connectivity index (χ1n) is 7.07. The molecule has 0 radical (unpaired) electrons. The second-order valence-electron chi connectivity index (χ2n) is 5.15. The lowest BCUT2D eigenvalue weighted by Crippen LogP contribution is -2.09. The molecule has 1 atom stereocenters. The number of aryl methyl sites for hydroxylation is 2. The third-order valence-corrected chi connectivity index (χ3v) is 3.69. The minimum Gasteiger partial charge on any atom is -0.478 e. The molecule has 5 nitrogen and oxygen atoms in total. The molecule has 112 valence electrons. The molecule has 0 saturated carbocycles. The highest BCUT2D eigenvalue weighted by Crippen LogP contribution is 2.25. The molecule has 0 aliphatic carbocycles. The van der Waals surface area contributed by atoms with Crippen LogP contribution >= 0.6 is 0 Å². The van der Waals surface area contributed by atoms with Crippen LogP contribution in [0.5, 0.6) is 0 Å². The van der Waals surface area contributed by atoms with Crippen LogP contribution in [0.1, 0.15) is 47.2 Å². The second-order valence-corrected chi connectivity index (χ2v) is 5.15. The van der Waals surface area contributed by atoms with Crippen LogP contribution in [-0.2, 0) is 6.54 Å². The van der Waals surface area contributed by atoms with Crippen LogP contribution in [0.4, 0.5) is 5.69 Å². The van der Waals surface area contributed by atoms with E-state index in [0.717, 1.165) is 23.6 Å². The molecule has 1 unspecified atom stereocenters. The number of hydrogen-bond donors (Lipinski definition) is 2. The number of anilines is 1. The van der Waals surface area contributed by atoms with Crippen molar-refractivity contribution in [3.05, 3.63) is 46.8 Å². The highest BCUT2D eigenvalue weighted by Gasteiger charge is 2.17. The normalized spacial score (nSPS) is 12.2. The fourth-order valence-corrected chi connectivity index (χ4v) is 2.68. The van der Waals surface area contributed by atoms with Crippen LogP contribution in [0.3, 0.4) is 0 Å². The maximum absolute atomic E-state index is 10.8. The molecule has 1 heterocycles. The van der Waals surface area contributed by atoms with Crippen molar-refractivity contribution in [1.82, 2.24) is 9.78 Å². The van der Waals surface area contributed by atoms with E-state index in [0.29, 0.717) is 5.56 Å². The molecule has 0 bridgehead atoms. The molecule has 0 spiro atoms. The van der Waals surface area contributed by atoms with Crippen LogP contribution in [0.25, 0.3) is 0 Å². The Morgan fingerprint density at radius 3 is 2.43 bits per heavy atom. The molecule has 0 saturated heterocycles. The van der Waals surface area contributed by atoms with Crippen LogP contribution in [0, 0.1) is 13.8 Å². The zero-order valence-corrected chi connectivity index (χ0v) is 12.8. The zero-order valence-electron chi connectivity index (χ0n) is 12.8. The van der Waals surface area contributed by atoms with Gasteiger partial charge in [-0.3, -0.25) is 4.68 Å². The minimum absolute atomic E-state index is 0.112. The first-order valence-corrected chi connectivity index (χ1v) is 7.07. The van der Waals surface area contributed by atoms with E-state index in [9.17, 15) is 4.79 Å². The topological polar surface area (TPSA) is 67.2 Å². The van der Waals surface area contributed by atoms with Gasteiger partial charge in [-0.1, -0.05) is 0 Å². The Hall–Kier alpha value is -2.30. The van der Waals surface area contributed by atoms with Crippen molar-refractivity contribution in [3.8, 4) is 0 Å². The molecule has 0 aliphatic heterocycles. The Kier molecular flexibility index (Phi) is 4.31. The summed E-state index contributed by atoms with van der Waals surface area (Å²) < 4.78 is 2.00. The van der Waals surface area contributed by atoms with Crippen molar-refractivity contribution in [2.45, 2.75) is 40.3 Å². The highest BCUT2D eigenvalue weighted by atomic mass is 16.4. The van der Waals surface area contributed by atoms with Crippen molar-refractivity contribution >= 4 is 11.7 Å². The van der Waals surface area contributed by atoms with E-state index in [1.807, 2.05) is 11.6 Å². The predicted molar refractivity (Wildman–Crippen MR) is 82.8 cm³/mol. The fraction of sp³-hybridized carbons (Fsp3) is 0.375. The summed E-state index contributed by atoms with van der Waals surface area (Å²) in [5.41, 5.74) is 4.57. The number of aromatic nitrogens is 2. The summed E-state index contributed by atoms with van der Waals surface area (Å²) >= 11 is 0. The van der Waals surface area contributed by atoms with Gasteiger partial charge in [-0.2, -0.15) is 5.10 Å². The van der Waals surface area contributed by atoms with Gasteiger partial charge in [0, 0.05) is 23.5 Å². The van der Waals surface area contributed by atoms with Crippen LogP contribution in [0.2, 0.25) is 0 Å². The molecule has 1 aromatic carbocycles. The second kappa shape index (κ2) is 5.99. The largest absolute Gasteiger partial charge is 0.478 e. The van der Waals surface area contributed by atoms with Gasteiger partial charge in [0.15, 0.2) is 0 Å². The number of carboxylic acid groups (broad SMARTS) is 1. The lowest BCUT2D eigenvalue weighted by molar-refractivity contribution is 0.0697. The van der Waals surface area contributed by atoms with Gasteiger partial charge < -0.3 is 10.4 Å². The Morgan fingerprint density at radius 1 is 1.33 bits per heavy atom. The fourth-order valence-electron chi connectivity index (χ4n) is 2.68. The van der Waals surface area contributed by atoms with E-state index in [2.05, 4.69) is 31.2 Å². The predicted octanol–water partition coefficient (Wildman–Crippen LogP) is 3.39. The summed E-state index contributed by atoms with van der Waals surface area (Å²) in [5.74, 6) is -0.912. The summed E-state index contributed by atoms with van der Waals surface area (Å²) in [7, 11) is 0. The number of carboxylic acids is 1. The van der Waals surface area contributed by atoms with E-state index >= 15 is 0 Å². The van der Waals surface area contributed by atoms with Crippen LogP contribution < -0.4 is 5.32 Å². The van der Waals surface area contributed by atoms with Crippen molar-refractivity contribution in [3.63, 3.8) is 0 Å². The van der Waals surface area contributed by atoms with Crippen molar-refractivity contribution < 1.29 is 9.90 Å². The number of carbonyl (C=O) groups is 1. The van der Waals surface area contributed by atoms with Crippen LogP contribution in [0.15, 0.2) is 24.3 Å². The number of benzene rings is 1. The summed E-state index contributed by atoms with van der Waals surface area (Å²) in [5, 5.41) is 16.8. The van der Waals surface area contributed by atoms with E-state index in [-0.39, 0.29) is 6.04 Å². The quantitative estimate of drug-likeness (QED) is 0.884. The number of hydrogen-bond acceptors (Lipinski definition) is 3. The summed E-state index contributed by atoms with van der Waals surface area (Å²) in [6.07, 6.45) is 0. The molecule has 0 amide bonds. The van der Waals surface area contributed by atoms with E-state index in [1.165, 1.54) is 5.56 Å². The van der Waals surface area contributed by atoms with Gasteiger partial charge in [0.05, 0.1) is 17.3 Å². The van der Waals surface area contributed by atoms with Crippen molar-refractivity contribution in [2.75, 3.05) is 5.32 Å². The number of aromatic carboxylic acids is 1. The average Bonchev–Trinajstić information content (AvgIpc) is 2.73. The molecule has 0 fully saturated rings. The molecule has 5 heteroatoms.